The first kappa shape index (κ1) is 28.7. The molecule has 0 fully saturated rings. The molecule has 0 saturated heterocycles. The van der Waals surface area contributed by atoms with Crippen molar-refractivity contribution in [1.29, 1.82) is 0 Å². The summed E-state index contributed by atoms with van der Waals surface area (Å²) in [5, 5.41) is 0. The summed E-state index contributed by atoms with van der Waals surface area (Å²) in [7, 11) is 2.09. The van der Waals surface area contributed by atoms with Gasteiger partial charge in [0.05, 0.1) is 38.5 Å². The lowest BCUT2D eigenvalue weighted by atomic mass is 10.1. The van der Waals surface area contributed by atoms with E-state index in [0.717, 1.165) is 50.0 Å². The van der Waals surface area contributed by atoms with Crippen LogP contribution in [0.5, 0.6) is 5.88 Å². The van der Waals surface area contributed by atoms with Crippen LogP contribution in [-0.2, 0) is 9.47 Å². The Bertz CT molecular complexity index is 686. The molecular formula is C23H40ClN3O4S. The largest absolute Gasteiger partial charge is 1.00 e. The maximum atomic E-state index is 12.0. The fraction of sp³-hybridized carbons (Fsp3) is 0.783. The van der Waals surface area contributed by atoms with Gasteiger partial charge < -0.3 is 26.6 Å². The standard InChI is InChI=1S/C23H40N3O4S.ClH/c1-4-6-8-10-12-17-29-23(27)30-19-26(3)15-13-14-20(18-26)21-22(25-31-24-21)28-16-11-9-7-5-2;/h14H,4-13,15-19H2,1-3H3;1H/q+1;/p-1. The van der Waals surface area contributed by atoms with Gasteiger partial charge >= 0.3 is 6.16 Å². The van der Waals surface area contributed by atoms with Crippen LogP contribution in [-0.4, -0.2) is 59.5 Å². The molecule has 0 aromatic carbocycles. The molecule has 184 valence electrons. The second kappa shape index (κ2) is 16.3. The van der Waals surface area contributed by atoms with Crippen LogP contribution in [0.15, 0.2) is 6.08 Å². The van der Waals surface area contributed by atoms with Gasteiger partial charge in [-0.3, -0.25) is 4.48 Å². The van der Waals surface area contributed by atoms with Gasteiger partial charge in [0.1, 0.15) is 12.2 Å². The van der Waals surface area contributed by atoms with Gasteiger partial charge in [0.15, 0.2) is 0 Å². The molecule has 1 unspecified atom stereocenters. The second-order valence-electron chi connectivity index (χ2n) is 8.63. The topological polar surface area (TPSA) is 70.5 Å². The predicted octanol–water partition coefficient (Wildman–Crippen LogP) is 2.82. The zero-order chi connectivity index (χ0) is 22.4. The van der Waals surface area contributed by atoms with E-state index in [2.05, 4.69) is 35.7 Å². The van der Waals surface area contributed by atoms with Crippen molar-refractivity contribution in [3.8, 4) is 5.88 Å². The number of aromatic nitrogens is 2. The molecule has 2 rings (SSSR count). The number of halogens is 1. The van der Waals surface area contributed by atoms with Crippen molar-refractivity contribution >= 4 is 23.5 Å². The number of likely N-dealkylation sites (N-methyl/N-ethyl adjacent to an activating group) is 1. The smallest absolute Gasteiger partial charge is 0.512 e. The number of quaternary nitrogens is 1. The van der Waals surface area contributed by atoms with E-state index in [1.165, 1.54) is 50.3 Å². The van der Waals surface area contributed by atoms with E-state index in [1.54, 1.807) is 0 Å². The lowest BCUT2D eigenvalue weighted by molar-refractivity contribution is -0.919. The summed E-state index contributed by atoms with van der Waals surface area (Å²) in [6.07, 6.45) is 12.8. The van der Waals surface area contributed by atoms with Crippen molar-refractivity contribution in [2.75, 3.05) is 40.1 Å². The van der Waals surface area contributed by atoms with Gasteiger partial charge in [-0.2, -0.15) is 4.37 Å². The van der Waals surface area contributed by atoms with Crippen molar-refractivity contribution in [3.63, 3.8) is 0 Å². The van der Waals surface area contributed by atoms with Crippen molar-refractivity contribution < 1.29 is 35.9 Å². The van der Waals surface area contributed by atoms with Crippen LogP contribution in [0.4, 0.5) is 4.79 Å². The maximum absolute atomic E-state index is 12.0. The highest BCUT2D eigenvalue weighted by Crippen LogP contribution is 2.30. The Kier molecular flexibility index (Phi) is 14.6. The molecule has 0 amide bonds. The van der Waals surface area contributed by atoms with Gasteiger partial charge in [-0.1, -0.05) is 64.9 Å². The van der Waals surface area contributed by atoms with Crippen LogP contribution in [0.2, 0.25) is 0 Å². The minimum Gasteiger partial charge on any atom is -1.00 e. The lowest BCUT2D eigenvalue weighted by Crippen LogP contribution is -3.00. The van der Waals surface area contributed by atoms with Gasteiger partial charge in [-0.25, -0.2) is 4.79 Å². The maximum Gasteiger partial charge on any atom is 0.512 e. The molecule has 2 heterocycles. The number of carbonyl (C=O) groups is 1. The van der Waals surface area contributed by atoms with Crippen LogP contribution in [0.3, 0.4) is 0 Å². The van der Waals surface area contributed by atoms with E-state index in [4.69, 9.17) is 14.2 Å². The highest BCUT2D eigenvalue weighted by molar-refractivity contribution is 6.99. The van der Waals surface area contributed by atoms with Crippen molar-refractivity contribution in [1.82, 2.24) is 8.75 Å². The monoisotopic (exact) mass is 489 g/mol. The summed E-state index contributed by atoms with van der Waals surface area (Å²) in [6.45, 7) is 7.40. The number of unbranched alkanes of at least 4 members (excludes halogenated alkanes) is 7. The summed E-state index contributed by atoms with van der Waals surface area (Å²) in [5.41, 5.74) is 1.94. The summed E-state index contributed by atoms with van der Waals surface area (Å²) in [4.78, 5) is 12.0. The molecule has 7 nitrogen and oxygen atoms in total. The summed E-state index contributed by atoms with van der Waals surface area (Å²) in [5.74, 6) is 0.629. The zero-order valence-electron chi connectivity index (χ0n) is 19.9. The number of hydrogen-bond donors (Lipinski definition) is 0. The molecule has 0 bridgehead atoms. The van der Waals surface area contributed by atoms with Gasteiger partial charge in [0, 0.05) is 12.0 Å². The van der Waals surface area contributed by atoms with Crippen molar-refractivity contribution in [2.45, 2.75) is 78.1 Å². The number of nitrogens with zero attached hydrogens (tertiary/aromatic N) is 3. The Morgan fingerprint density at radius 3 is 2.44 bits per heavy atom. The Labute approximate surface area is 203 Å². The minimum absolute atomic E-state index is 0. The SMILES string of the molecule is CCCCCCCOC(=O)OC[N+]1(C)CCC=C(c2nsnc2OCCCCCC)C1.[Cl-]. The average molecular weight is 490 g/mol. The number of hydrogen-bond acceptors (Lipinski definition) is 7. The minimum atomic E-state index is -0.572. The molecule has 9 heteroatoms. The van der Waals surface area contributed by atoms with Crippen LogP contribution in [0, 0.1) is 0 Å². The van der Waals surface area contributed by atoms with Crippen LogP contribution < -0.4 is 17.1 Å². The molecule has 1 aliphatic heterocycles. The second-order valence-corrected chi connectivity index (χ2v) is 9.16. The quantitative estimate of drug-likeness (QED) is 0.214. The lowest BCUT2D eigenvalue weighted by Gasteiger charge is -2.36. The first-order valence-electron chi connectivity index (χ1n) is 11.9. The van der Waals surface area contributed by atoms with Crippen LogP contribution in [0.1, 0.15) is 83.7 Å². The Balaban J connectivity index is 0.00000512. The first-order valence-corrected chi connectivity index (χ1v) is 12.6. The van der Waals surface area contributed by atoms with Gasteiger partial charge in [0.2, 0.25) is 6.73 Å². The predicted molar refractivity (Wildman–Crippen MR) is 124 cm³/mol. The van der Waals surface area contributed by atoms with E-state index in [-0.39, 0.29) is 19.1 Å². The van der Waals surface area contributed by atoms with Crippen molar-refractivity contribution in [3.05, 3.63) is 11.8 Å². The Hall–Kier alpha value is -1.38. The molecule has 32 heavy (non-hydrogen) atoms. The highest BCUT2D eigenvalue weighted by atomic mass is 35.5. The molecule has 1 aliphatic rings. The molecule has 0 saturated carbocycles. The summed E-state index contributed by atoms with van der Waals surface area (Å²) < 4.78 is 26.0. The molecule has 0 spiro atoms. The molecule has 0 N–H and O–H groups in total. The van der Waals surface area contributed by atoms with Crippen LogP contribution >= 0.6 is 11.7 Å². The van der Waals surface area contributed by atoms with Gasteiger partial charge in [-0.15, -0.1) is 4.37 Å². The molecule has 0 radical (unpaired) electrons. The summed E-state index contributed by atoms with van der Waals surface area (Å²) in [6, 6.07) is 0. The van der Waals surface area contributed by atoms with Gasteiger partial charge in [-0.05, 0) is 12.8 Å². The first-order chi connectivity index (χ1) is 15.1. The normalized spacial score (nSPS) is 17.9. The molecule has 1 aromatic rings. The molecule has 0 aliphatic carbocycles. The fourth-order valence-corrected chi connectivity index (χ4v) is 4.20. The number of ether oxygens (including phenoxy) is 3. The average Bonchev–Trinajstić information content (AvgIpc) is 3.23. The Morgan fingerprint density at radius 2 is 1.69 bits per heavy atom. The third-order valence-electron chi connectivity index (χ3n) is 5.57. The van der Waals surface area contributed by atoms with E-state index < -0.39 is 6.16 Å². The van der Waals surface area contributed by atoms with E-state index >= 15 is 0 Å². The van der Waals surface area contributed by atoms with Gasteiger partial charge in [0.25, 0.3) is 5.88 Å². The molecule has 1 atom stereocenters. The number of rotatable bonds is 15. The molecular weight excluding hydrogens is 450 g/mol. The fourth-order valence-electron chi connectivity index (χ4n) is 3.67. The molecule has 1 aromatic heterocycles. The van der Waals surface area contributed by atoms with E-state index in [9.17, 15) is 4.79 Å². The van der Waals surface area contributed by atoms with Crippen LogP contribution in [0.25, 0.3) is 5.57 Å². The third-order valence-corrected chi connectivity index (χ3v) is 6.08. The zero-order valence-corrected chi connectivity index (χ0v) is 21.5. The third kappa shape index (κ3) is 10.5. The van der Waals surface area contributed by atoms with E-state index in [0.29, 0.717) is 23.6 Å². The summed E-state index contributed by atoms with van der Waals surface area (Å²) >= 11 is 1.18. The number of carbonyl (C=O) groups excluding carboxylic acids is 1. The van der Waals surface area contributed by atoms with E-state index in [1.807, 2.05) is 0 Å². The van der Waals surface area contributed by atoms with Crippen molar-refractivity contribution in [2.24, 2.45) is 0 Å². The Morgan fingerprint density at radius 1 is 1.00 bits per heavy atom. The highest BCUT2D eigenvalue weighted by Gasteiger charge is 2.31.